The van der Waals surface area contributed by atoms with E-state index in [0.29, 0.717) is 22.1 Å². The van der Waals surface area contributed by atoms with Crippen LogP contribution in [0.4, 0.5) is 0 Å². The lowest BCUT2D eigenvalue weighted by molar-refractivity contribution is -0.141. The molecule has 1 aromatic carbocycles. The Balaban J connectivity index is 2.18. The van der Waals surface area contributed by atoms with Gasteiger partial charge in [0.2, 0.25) is 5.91 Å². The first kappa shape index (κ1) is 18.7. The molecule has 27 heavy (non-hydrogen) atoms. The van der Waals surface area contributed by atoms with Gasteiger partial charge in [-0.1, -0.05) is 0 Å². The van der Waals surface area contributed by atoms with Crippen molar-refractivity contribution >= 4 is 33.8 Å². The molecule has 0 radical (unpaired) electrons. The number of carboxylic acid groups (broad SMARTS) is 1. The van der Waals surface area contributed by atoms with Crippen LogP contribution in [0.5, 0.6) is 0 Å². The van der Waals surface area contributed by atoms with Gasteiger partial charge in [-0.2, -0.15) is 0 Å². The maximum atomic E-state index is 12.4. The van der Waals surface area contributed by atoms with Gasteiger partial charge < -0.3 is 19.3 Å². The lowest BCUT2D eigenvalue weighted by Gasteiger charge is -2.11. The van der Waals surface area contributed by atoms with E-state index in [9.17, 15) is 14.4 Å². The van der Waals surface area contributed by atoms with Gasteiger partial charge in [0.15, 0.2) is 0 Å². The molecule has 0 saturated carbocycles. The predicted molar refractivity (Wildman–Crippen MR) is 100 cm³/mol. The summed E-state index contributed by atoms with van der Waals surface area (Å²) in [5.74, 6) is -0.931. The number of benzene rings is 1. The molecule has 7 heteroatoms. The van der Waals surface area contributed by atoms with Crippen molar-refractivity contribution in [3.8, 4) is 0 Å². The minimum atomic E-state index is -1.15. The number of amides is 1. The van der Waals surface area contributed by atoms with E-state index in [2.05, 4.69) is 5.32 Å². The second kappa shape index (κ2) is 6.57. The SMILES string of the molecule is Cc1oc2c(c(C)cc3oc(=O)c(CC(=O)N[C@@H](C)C(=O)O)c(C)c32)c1C. The molecule has 3 rings (SSSR count). The molecule has 0 aliphatic rings. The van der Waals surface area contributed by atoms with Crippen LogP contribution in [-0.2, 0) is 16.0 Å². The highest BCUT2D eigenvalue weighted by atomic mass is 16.4. The number of hydrogen-bond donors (Lipinski definition) is 2. The number of furan rings is 1. The number of fused-ring (bicyclic) bond motifs is 3. The van der Waals surface area contributed by atoms with Crippen molar-refractivity contribution in [3.05, 3.63) is 44.5 Å². The van der Waals surface area contributed by atoms with E-state index in [4.69, 9.17) is 13.9 Å². The van der Waals surface area contributed by atoms with Gasteiger partial charge in [-0.05, 0) is 57.4 Å². The van der Waals surface area contributed by atoms with Gasteiger partial charge in [-0.15, -0.1) is 0 Å². The zero-order valence-corrected chi connectivity index (χ0v) is 15.9. The Kier molecular flexibility index (Phi) is 4.55. The number of aliphatic carboxylic acids is 1. The van der Waals surface area contributed by atoms with Crippen molar-refractivity contribution in [1.82, 2.24) is 5.32 Å². The van der Waals surface area contributed by atoms with Gasteiger partial charge in [0.25, 0.3) is 0 Å². The van der Waals surface area contributed by atoms with E-state index in [0.717, 1.165) is 22.3 Å². The Hall–Kier alpha value is -3.09. The fourth-order valence-corrected chi connectivity index (χ4v) is 3.35. The Labute approximate surface area is 155 Å². The van der Waals surface area contributed by atoms with Gasteiger partial charge in [0.1, 0.15) is 23.0 Å². The van der Waals surface area contributed by atoms with Crippen molar-refractivity contribution in [1.29, 1.82) is 0 Å². The number of rotatable bonds is 4. The van der Waals surface area contributed by atoms with Crippen LogP contribution < -0.4 is 10.9 Å². The highest BCUT2D eigenvalue weighted by Crippen LogP contribution is 2.35. The Morgan fingerprint density at radius 3 is 2.41 bits per heavy atom. The van der Waals surface area contributed by atoms with E-state index in [-0.39, 0.29) is 12.0 Å². The molecule has 0 aliphatic heterocycles. The lowest BCUT2D eigenvalue weighted by Crippen LogP contribution is -2.39. The van der Waals surface area contributed by atoms with Crippen molar-refractivity contribution in [2.45, 2.75) is 47.1 Å². The summed E-state index contributed by atoms with van der Waals surface area (Å²) in [5.41, 5.74) is 3.16. The summed E-state index contributed by atoms with van der Waals surface area (Å²) in [4.78, 5) is 35.5. The quantitative estimate of drug-likeness (QED) is 0.683. The van der Waals surface area contributed by atoms with Crippen LogP contribution >= 0.6 is 0 Å². The lowest BCUT2D eigenvalue weighted by atomic mass is 9.98. The fourth-order valence-electron chi connectivity index (χ4n) is 3.35. The largest absolute Gasteiger partial charge is 0.480 e. The summed E-state index contributed by atoms with van der Waals surface area (Å²) >= 11 is 0. The topological polar surface area (TPSA) is 110 Å². The molecule has 0 unspecified atom stereocenters. The average molecular weight is 371 g/mol. The van der Waals surface area contributed by atoms with Crippen LogP contribution in [0.3, 0.4) is 0 Å². The molecule has 3 aromatic rings. The first-order valence-electron chi connectivity index (χ1n) is 8.59. The molecular weight excluding hydrogens is 350 g/mol. The second-order valence-electron chi connectivity index (χ2n) is 6.85. The normalized spacial score (nSPS) is 12.5. The van der Waals surface area contributed by atoms with Crippen LogP contribution in [0.1, 0.15) is 34.9 Å². The summed E-state index contributed by atoms with van der Waals surface area (Å²) in [5, 5.41) is 12.9. The summed E-state index contributed by atoms with van der Waals surface area (Å²) in [6.07, 6.45) is -0.268. The van der Waals surface area contributed by atoms with Gasteiger partial charge in [0.05, 0.1) is 17.4 Å². The summed E-state index contributed by atoms with van der Waals surface area (Å²) < 4.78 is 11.4. The molecule has 0 bridgehead atoms. The zero-order chi connectivity index (χ0) is 20.0. The molecule has 7 nitrogen and oxygen atoms in total. The number of carboxylic acids is 1. The third-order valence-electron chi connectivity index (χ3n) is 4.96. The third-order valence-corrected chi connectivity index (χ3v) is 4.96. The van der Waals surface area contributed by atoms with Gasteiger partial charge in [0, 0.05) is 5.39 Å². The van der Waals surface area contributed by atoms with E-state index in [1.807, 2.05) is 20.8 Å². The fraction of sp³-hybridized carbons (Fsp3) is 0.350. The van der Waals surface area contributed by atoms with Gasteiger partial charge in [-0.3, -0.25) is 9.59 Å². The molecule has 2 heterocycles. The van der Waals surface area contributed by atoms with Crippen LogP contribution in [0.25, 0.3) is 21.9 Å². The average Bonchev–Trinajstić information content (AvgIpc) is 2.86. The van der Waals surface area contributed by atoms with Gasteiger partial charge >= 0.3 is 11.6 Å². The van der Waals surface area contributed by atoms with Gasteiger partial charge in [-0.25, -0.2) is 4.79 Å². The summed E-state index contributed by atoms with van der Waals surface area (Å²) in [6, 6.07) is 0.750. The smallest absolute Gasteiger partial charge is 0.340 e. The van der Waals surface area contributed by atoms with Crippen LogP contribution in [0.15, 0.2) is 19.7 Å². The monoisotopic (exact) mass is 371 g/mol. The molecule has 0 spiro atoms. The number of aryl methyl sites for hydroxylation is 4. The van der Waals surface area contributed by atoms with E-state index >= 15 is 0 Å². The number of carbonyl (C=O) groups excluding carboxylic acids is 1. The Bertz CT molecular complexity index is 1150. The minimum Gasteiger partial charge on any atom is -0.480 e. The van der Waals surface area contributed by atoms with Crippen molar-refractivity contribution in [2.75, 3.05) is 0 Å². The number of carbonyl (C=O) groups is 2. The zero-order valence-electron chi connectivity index (χ0n) is 15.9. The Morgan fingerprint density at radius 2 is 1.78 bits per heavy atom. The van der Waals surface area contributed by atoms with E-state index in [1.54, 1.807) is 13.0 Å². The summed E-state index contributed by atoms with van der Waals surface area (Å²) in [6.45, 7) is 8.86. The first-order chi connectivity index (χ1) is 12.6. The van der Waals surface area contributed by atoms with Crippen molar-refractivity contribution in [2.24, 2.45) is 0 Å². The molecular formula is C20H21NO6. The summed E-state index contributed by atoms with van der Waals surface area (Å²) in [7, 11) is 0. The van der Waals surface area contributed by atoms with Crippen LogP contribution in [-0.4, -0.2) is 23.0 Å². The number of nitrogens with one attached hydrogen (secondary N) is 1. The molecule has 2 aromatic heterocycles. The molecule has 2 N–H and O–H groups in total. The first-order valence-corrected chi connectivity index (χ1v) is 8.59. The number of hydrogen-bond acceptors (Lipinski definition) is 5. The van der Waals surface area contributed by atoms with E-state index in [1.165, 1.54) is 6.92 Å². The molecule has 0 fully saturated rings. The Morgan fingerprint density at radius 1 is 1.11 bits per heavy atom. The maximum absolute atomic E-state index is 12.4. The van der Waals surface area contributed by atoms with Crippen LogP contribution in [0, 0.1) is 27.7 Å². The second-order valence-corrected chi connectivity index (χ2v) is 6.85. The molecule has 0 saturated heterocycles. The van der Waals surface area contributed by atoms with E-state index < -0.39 is 23.5 Å². The van der Waals surface area contributed by atoms with Crippen molar-refractivity contribution in [3.63, 3.8) is 0 Å². The van der Waals surface area contributed by atoms with Crippen molar-refractivity contribution < 1.29 is 23.5 Å². The molecule has 142 valence electrons. The highest BCUT2D eigenvalue weighted by Gasteiger charge is 2.22. The predicted octanol–water partition coefficient (Wildman–Crippen LogP) is 2.90. The third kappa shape index (κ3) is 3.09. The molecule has 1 amide bonds. The molecule has 1 atom stereocenters. The standard InChI is InChI=1S/C20H21NO6/c1-8-6-14-17(18-16(8)9(2)12(5)26-18)10(3)13(20(25)27-14)7-15(22)21-11(4)19(23)24/h6,11H,7H2,1-5H3,(H,21,22)(H,23,24)/t11-/m0/s1. The van der Waals surface area contributed by atoms with Crippen LogP contribution in [0.2, 0.25) is 0 Å². The maximum Gasteiger partial charge on any atom is 0.340 e. The minimum absolute atomic E-state index is 0.189. The molecule has 0 aliphatic carbocycles. The highest BCUT2D eigenvalue weighted by molar-refractivity contribution is 6.07.